The maximum absolute atomic E-state index is 12.4. The average molecular weight is 436 g/mol. The summed E-state index contributed by atoms with van der Waals surface area (Å²) in [6.45, 7) is 0.519. The molecule has 0 aliphatic carbocycles. The number of β-lactam (4-membered cyclic amide) rings is 1. The van der Waals surface area contributed by atoms with E-state index in [0.29, 0.717) is 13.0 Å². The normalized spacial score (nSPS) is 24.6. The van der Waals surface area contributed by atoms with Gasteiger partial charge in [0, 0.05) is 6.61 Å². The number of carbonyl (C=O) groups excluding carboxylic acids is 3. The molecule has 2 saturated heterocycles. The fraction of sp³-hybridized carbons (Fsp3) is 0.500. The first-order chi connectivity index (χ1) is 14.4. The SMILES string of the molecule is O=C(Cc1ccccc1)N[C@@H]1C(=O)N(C(O)C(=O)O)[C@@H]1SCC(=O)C1CCCCO1. The summed E-state index contributed by atoms with van der Waals surface area (Å²) in [7, 11) is 0. The molecular weight excluding hydrogens is 412 g/mol. The van der Waals surface area contributed by atoms with Crippen LogP contribution in [0.25, 0.3) is 0 Å². The van der Waals surface area contributed by atoms with Gasteiger partial charge in [-0.1, -0.05) is 30.3 Å². The predicted molar refractivity (Wildman–Crippen MR) is 107 cm³/mol. The van der Waals surface area contributed by atoms with Crippen molar-refractivity contribution in [2.45, 2.75) is 49.4 Å². The summed E-state index contributed by atoms with van der Waals surface area (Å²) < 4.78 is 5.46. The first-order valence-electron chi connectivity index (χ1n) is 9.70. The van der Waals surface area contributed by atoms with Gasteiger partial charge in [-0.25, -0.2) is 4.79 Å². The average Bonchev–Trinajstić information content (AvgIpc) is 2.75. The number of aliphatic carboxylic acids is 1. The lowest BCUT2D eigenvalue weighted by Crippen LogP contribution is -2.73. The van der Waals surface area contributed by atoms with E-state index in [1.807, 2.05) is 6.07 Å². The molecule has 3 rings (SSSR count). The summed E-state index contributed by atoms with van der Waals surface area (Å²) in [5.74, 6) is -2.86. The van der Waals surface area contributed by atoms with Crippen LogP contribution in [0, 0.1) is 0 Å². The van der Waals surface area contributed by atoms with Gasteiger partial charge in [-0.15, -0.1) is 11.8 Å². The number of aliphatic hydroxyl groups is 1. The van der Waals surface area contributed by atoms with Crippen LogP contribution in [0.3, 0.4) is 0 Å². The molecule has 1 aromatic rings. The molecule has 2 aliphatic heterocycles. The number of amides is 2. The molecular formula is C20H24N2O7S. The number of Topliss-reactive ketones (excluding diaryl/α,β-unsaturated/α-hetero) is 1. The van der Waals surface area contributed by atoms with Gasteiger partial charge in [0.15, 0.2) is 5.78 Å². The molecule has 0 bridgehead atoms. The summed E-state index contributed by atoms with van der Waals surface area (Å²) in [5, 5.41) is 20.7. The third-order valence-corrected chi connectivity index (χ3v) is 6.32. The summed E-state index contributed by atoms with van der Waals surface area (Å²) in [6, 6.07) is 7.94. The summed E-state index contributed by atoms with van der Waals surface area (Å²) >= 11 is 1.02. The third kappa shape index (κ3) is 5.18. The molecule has 1 aromatic carbocycles. The number of aliphatic hydroxyl groups excluding tert-OH is 1. The van der Waals surface area contributed by atoms with Gasteiger partial charge in [0.05, 0.1) is 12.2 Å². The van der Waals surface area contributed by atoms with E-state index < -0.39 is 41.5 Å². The largest absolute Gasteiger partial charge is 0.478 e. The second-order valence-corrected chi connectivity index (χ2v) is 8.29. The number of carboxylic acids is 1. The van der Waals surface area contributed by atoms with Gasteiger partial charge in [0.1, 0.15) is 17.5 Å². The maximum Gasteiger partial charge on any atom is 0.354 e. The molecule has 2 heterocycles. The fourth-order valence-electron chi connectivity index (χ4n) is 3.44. The van der Waals surface area contributed by atoms with Gasteiger partial charge in [0.2, 0.25) is 12.1 Å². The van der Waals surface area contributed by atoms with Crippen LogP contribution >= 0.6 is 11.8 Å². The Kier molecular flexibility index (Phi) is 7.46. The van der Waals surface area contributed by atoms with Crippen LogP contribution in [-0.2, 0) is 30.3 Å². The van der Waals surface area contributed by atoms with E-state index in [-0.39, 0.29) is 18.0 Å². The smallest absolute Gasteiger partial charge is 0.354 e. The summed E-state index contributed by atoms with van der Waals surface area (Å²) in [5.41, 5.74) is 0.762. The van der Waals surface area contributed by atoms with Crippen LogP contribution in [0.1, 0.15) is 24.8 Å². The highest BCUT2D eigenvalue weighted by Gasteiger charge is 2.53. The second kappa shape index (κ2) is 10.1. The van der Waals surface area contributed by atoms with Gasteiger partial charge in [-0.05, 0) is 24.8 Å². The molecule has 2 fully saturated rings. The van der Waals surface area contributed by atoms with Crippen LogP contribution in [-0.4, -0.2) is 74.8 Å². The van der Waals surface area contributed by atoms with E-state index in [2.05, 4.69) is 5.32 Å². The molecule has 162 valence electrons. The number of benzene rings is 1. The Balaban J connectivity index is 1.62. The van der Waals surface area contributed by atoms with Crippen molar-refractivity contribution in [3.63, 3.8) is 0 Å². The Morgan fingerprint density at radius 2 is 1.97 bits per heavy atom. The van der Waals surface area contributed by atoms with Gasteiger partial charge >= 0.3 is 5.97 Å². The third-order valence-electron chi connectivity index (χ3n) is 5.02. The number of carbonyl (C=O) groups is 4. The molecule has 9 nitrogen and oxygen atoms in total. The van der Waals surface area contributed by atoms with E-state index in [0.717, 1.165) is 35.1 Å². The van der Waals surface area contributed by atoms with Crippen molar-refractivity contribution >= 4 is 35.3 Å². The number of likely N-dealkylation sites (tertiary alicyclic amines) is 1. The molecule has 2 unspecified atom stereocenters. The number of thioether (sulfide) groups is 1. The molecule has 10 heteroatoms. The molecule has 2 aliphatic rings. The topological polar surface area (TPSA) is 133 Å². The van der Waals surface area contributed by atoms with E-state index >= 15 is 0 Å². The van der Waals surface area contributed by atoms with E-state index in [9.17, 15) is 24.3 Å². The molecule has 0 spiro atoms. The summed E-state index contributed by atoms with van der Waals surface area (Å²) in [6.07, 6.45) is -0.0722. The van der Waals surface area contributed by atoms with Crippen molar-refractivity contribution in [3.05, 3.63) is 35.9 Å². The lowest BCUT2D eigenvalue weighted by atomic mass is 10.1. The monoisotopic (exact) mass is 436 g/mol. The fourth-order valence-corrected chi connectivity index (χ4v) is 4.71. The van der Waals surface area contributed by atoms with Gasteiger partial charge in [0.25, 0.3) is 5.91 Å². The van der Waals surface area contributed by atoms with E-state index in [1.54, 1.807) is 24.3 Å². The van der Waals surface area contributed by atoms with Crippen molar-refractivity contribution in [2.24, 2.45) is 0 Å². The van der Waals surface area contributed by atoms with E-state index in [4.69, 9.17) is 9.84 Å². The minimum atomic E-state index is -2.04. The number of nitrogens with one attached hydrogen (secondary N) is 1. The van der Waals surface area contributed by atoms with Gasteiger partial charge < -0.3 is 20.3 Å². The number of rotatable bonds is 9. The minimum Gasteiger partial charge on any atom is -0.478 e. The molecule has 2 amide bonds. The molecule has 0 saturated carbocycles. The standard InChI is InChI=1S/C20H24N2O7S/c23-13(14-8-4-5-9-29-14)11-30-19-16(17(25)22(19)18(26)20(27)28)21-15(24)10-12-6-2-1-3-7-12/h1-3,6-7,14,16,18-19,26H,4-5,8-11H2,(H,21,24)(H,27,28)/t14?,16-,18?,19-/m1/s1. The molecule has 30 heavy (non-hydrogen) atoms. The molecule has 0 aromatic heterocycles. The first-order valence-corrected chi connectivity index (χ1v) is 10.8. The quantitative estimate of drug-likeness (QED) is 0.466. The second-order valence-electron chi connectivity index (χ2n) is 7.19. The minimum absolute atomic E-state index is 0.0174. The van der Waals surface area contributed by atoms with Crippen LogP contribution in [0.15, 0.2) is 30.3 Å². The zero-order chi connectivity index (χ0) is 21.7. The highest BCUT2D eigenvalue weighted by atomic mass is 32.2. The number of hydrogen-bond donors (Lipinski definition) is 3. The van der Waals surface area contributed by atoms with Gasteiger partial charge in [-0.2, -0.15) is 0 Å². The number of ether oxygens (including phenoxy) is 1. The molecule has 4 atom stereocenters. The Labute approximate surface area is 177 Å². The van der Waals surface area contributed by atoms with Crippen molar-refractivity contribution in [3.8, 4) is 0 Å². The first kappa shape index (κ1) is 22.3. The lowest BCUT2D eigenvalue weighted by Gasteiger charge is -2.47. The van der Waals surface area contributed by atoms with Crippen molar-refractivity contribution in [1.82, 2.24) is 10.2 Å². The van der Waals surface area contributed by atoms with Crippen LogP contribution in [0.4, 0.5) is 0 Å². The lowest BCUT2D eigenvalue weighted by molar-refractivity contribution is -0.178. The van der Waals surface area contributed by atoms with Crippen LogP contribution < -0.4 is 5.32 Å². The van der Waals surface area contributed by atoms with Gasteiger partial charge in [-0.3, -0.25) is 19.3 Å². The number of nitrogens with zero attached hydrogens (tertiary/aromatic N) is 1. The Morgan fingerprint density at radius 1 is 1.23 bits per heavy atom. The van der Waals surface area contributed by atoms with E-state index in [1.165, 1.54) is 0 Å². The Bertz CT molecular complexity index is 798. The van der Waals surface area contributed by atoms with Crippen molar-refractivity contribution in [1.29, 1.82) is 0 Å². The molecule has 3 N–H and O–H groups in total. The maximum atomic E-state index is 12.4. The van der Waals surface area contributed by atoms with Crippen LogP contribution in [0.2, 0.25) is 0 Å². The zero-order valence-electron chi connectivity index (χ0n) is 16.2. The number of hydrogen-bond acceptors (Lipinski definition) is 7. The van der Waals surface area contributed by atoms with Crippen LogP contribution in [0.5, 0.6) is 0 Å². The highest BCUT2D eigenvalue weighted by Crippen LogP contribution is 2.32. The zero-order valence-corrected chi connectivity index (χ0v) is 17.0. The highest BCUT2D eigenvalue weighted by molar-refractivity contribution is 8.00. The summed E-state index contributed by atoms with van der Waals surface area (Å²) in [4.78, 5) is 49.1. The Morgan fingerprint density at radius 3 is 2.60 bits per heavy atom. The number of carboxylic acid groups (broad SMARTS) is 1. The number of ketones is 1. The molecule has 0 radical (unpaired) electrons. The van der Waals surface area contributed by atoms with Crippen molar-refractivity contribution < 1.29 is 34.1 Å². The Hall–Kier alpha value is -2.43. The van der Waals surface area contributed by atoms with Crippen molar-refractivity contribution in [2.75, 3.05) is 12.4 Å². The predicted octanol–water partition coefficient (Wildman–Crippen LogP) is 0.157.